The zero-order valence-corrected chi connectivity index (χ0v) is 15.0. The van der Waals surface area contributed by atoms with Crippen molar-refractivity contribution >= 4 is 11.8 Å². The Morgan fingerprint density at radius 2 is 2.16 bits per heavy atom. The van der Waals surface area contributed by atoms with Crippen LogP contribution in [-0.2, 0) is 14.3 Å². The van der Waals surface area contributed by atoms with Crippen LogP contribution in [0.3, 0.4) is 0 Å². The Hall–Kier alpha value is -1.99. The van der Waals surface area contributed by atoms with Gasteiger partial charge in [0.2, 0.25) is 5.91 Å². The summed E-state index contributed by atoms with van der Waals surface area (Å²) in [6, 6.07) is 1.85. The lowest BCUT2D eigenvalue weighted by Gasteiger charge is -2.50. The molecule has 3 rings (SSSR count). The molecule has 1 spiro atoms. The van der Waals surface area contributed by atoms with Gasteiger partial charge in [-0.2, -0.15) is 0 Å². The van der Waals surface area contributed by atoms with Gasteiger partial charge >= 0.3 is 0 Å². The monoisotopic (exact) mass is 347 g/mol. The normalized spacial score (nSPS) is 21.2. The topological polar surface area (TPSA) is 72.0 Å². The van der Waals surface area contributed by atoms with Gasteiger partial charge in [0.15, 0.2) is 0 Å². The summed E-state index contributed by atoms with van der Waals surface area (Å²) in [7, 11) is 3.42. The molecule has 2 fully saturated rings. The number of aryl methyl sites for hydroxylation is 1. The number of hydrogen-bond donors (Lipinski definition) is 0. The molecular weight excluding hydrogens is 322 g/mol. The van der Waals surface area contributed by atoms with E-state index in [0.29, 0.717) is 31.9 Å². The lowest BCUT2D eigenvalue weighted by Crippen LogP contribution is -2.66. The number of ether oxygens (including phenoxy) is 2. The van der Waals surface area contributed by atoms with Gasteiger partial charge in [0.05, 0.1) is 25.3 Å². The molecular formula is C18H25N3O4. The number of likely N-dealkylation sites (N-methyl/N-ethyl adjacent to an activating group) is 1. The average Bonchev–Trinajstić information content (AvgIpc) is 2.96. The van der Waals surface area contributed by atoms with Crippen molar-refractivity contribution in [2.24, 2.45) is 5.92 Å². The van der Waals surface area contributed by atoms with Crippen LogP contribution in [0.2, 0.25) is 0 Å². The molecule has 2 aliphatic rings. The standard InChI is InChI=1S/C18H25N3O4/c1-13-6-14(8-19-7-13)17(23)21-11-18(12-21)15(4-5-25-18)9-24-10-16(22)20(2)3/h6-8,15H,4-5,9-12H2,1-3H3/t15-/m0/s1. The largest absolute Gasteiger partial charge is 0.371 e. The fourth-order valence-corrected chi connectivity index (χ4v) is 3.39. The van der Waals surface area contributed by atoms with Crippen molar-refractivity contribution in [3.05, 3.63) is 29.6 Å². The molecule has 136 valence electrons. The summed E-state index contributed by atoms with van der Waals surface area (Å²) >= 11 is 0. The van der Waals surface area contributed by atoms with Crippen molar-refractivity contribution in [3.8, 4) is 0 Å². The highest BCUT2D eigenvalue weighted by atomic mass is 16.5. The number of likely N-dealkylation sites (tertiary alicyclic amines) is 1. The van der Waals surface area contributed by atoms with Crippen molar-refractivity contribution in [1.29, 1.82) is 0 Å². The van der Waals surface area contributed by atoms with Crippen molar-refractivity contribution in [2.75, 3.05) is 47.0 Å². The predicted octanol–water partition coefficient (Wildman–Crippen LogP) is 0.726. The number of pyridine rings is 1. The Morgan fingerprint density at radius 3 is 2.84 bits per heavy atom. The van der Waals surface area contributed by atoms with Crippen molar-refractivity contribution in [2.45, 2.75) is 18.9 Å². The average molecular weight is 347 g/mol. The molecule has 1 aromatic heterocycles. The van der Waals surface area contributed by atoms with Gasteiger partial charge < -0.3 is 19.3 Å². The van der Waals surface area contributed by atoms with Crippen LogP contribution in [0.5, 0.6) is 0 Å². The molecule has 7 nitrogen and oxygen atoms in total. The smallest absolute Gasteiger partial charge is 0.255 e. The lowest BCUT2D eigenvalue weighted by molar-refractivity contribution is -0.141. The fraction of sp³-hybridized carbons (Fsp3) is 0.611. The first-order chi connectivity index (χ1) is 11.9. The molecule has 7 heteroatoms. The molecule has 1 aromatic rings. The summed E-state index contributed by atoms with van der Waals surface area (Å²) < 4.78 is 11.5. The van der Waals surface area contributed by atoms with Crippen LogP contribution < -0.4 is 0 Å². The lowest BCUT2D eigenvalue weighted by atomic mass is 9.81. The van der Waals surface area contributed by atoms with Crippen molar-refractivity contribution < 1.29 is 19.1 Å². The SMILES string of the molecule is Cc1cncc(C(=O)N2CC3(C2)OCC[C@H]3COCC(=O)N(C)C)c1. The van der Waals surface area contributed by atoms with Gasteiger partial charge in [-0.1, -0.05) is 0 Å². The molecule has 0 aliphatic carbocycles. The Balaban J connectivity index is 1.53. The number of amides is 2. The minimum Gasteiger partial charge on any atom is -0.371 e. The third kappa shape index (κ3) is 3.67. The van der Waals surface area contributed by atoms with Crippen LogP contribution in [0.1, 0.15) is 22.3 Å². The first kappa shape index (κ1) is 17.8. The van der Waals surface area contributed by atoms with Crippen molar-refractivity contribution in [1.82, 2.24) is 14.8 Å². The quantitative estimate of drug-likeness (QED) is 0.785. The van der Waals surface area contributed by atoms with E-state index in [0.717, 1.165) is 12.0 Å². The molecule has 0 bridgehead atoms. The Kier molecular flexibility index (Phi) is 5.06. The van der Waals surface area contributed by atoms with E-state index in [1.165, 1.54) is 4.90 Å². The second-order valence-corrected chi connectivity index (χ2v) is 7.11. The summed E-state index contributed by atoms with van der Waals surface area (Å²) in [6.07, 6.45) is 4.23. The van der Waals surface area contributed by atoms with Gasteiger partial charge in [0, 0.05) is 39.0 Å². The maximum Gasteiger partial charge on any atom is 0.255 e. The van der Waals surface area contributed by atoms with Crippen LogP contribution in [0.25, 0.3) is 0 Å². The van der Waals surface area contributed by atoms with E-state index in [4.69, 9.17) is 9.47 Å². The molecule has 2 amide bonds. The summed E-state index contributed by atoms with van der Waals surface area (Å²) in [4.78, 5) is 31.5. The van der Waals surface area contributed by atoms with E-state index in [1.807, 2.05) is 13.0 Å². The Morgan fingerprint density at radius 1 is 1.40 bits per heavy atom. The van der Waals surface area contributed by atoms with E-state index in [1.54, 1.807) is 31.4 Å². The molecule has 0 unspecified atom stereocenters. The van der Waals surface area contributed by atoms with Gasteiger partial charge in [-0.05, 0) is 25.0 Å². The van der Waals surface area contributed by atoms with Gasteiger partial charge in [0.1, 0.15) is 12.2 Å². The van der Waals surface area contributed by atoms with Crippen molar-refractivity contribution in [3.63, 3.8) is 0 Å². The molecule has 25 heavy (non-hydrogen) atoms. The minimum absolute atomic E-state index is 0.0141. The second-order valence-electron chi connectivity index (χ2n) is 7.11. The third-order valence-corrected chi connectivity index (χ3v) is 4.97. The third-order valence-electron chi connectivity index (χ3n) is 4.97. The molecule has 0 saturated carbocycles. The summed E-state index contributed by atoms with van der Waals surface area (Å²) in [5, 5.41) is 0. The highest BCUT2D eigenvalue weighted by Gasteiger charge is 2.54. The van der Waals surface area contributed by atoms with E-state index >= 15 is 0 Å². The maximum absolute atomic E-state index is 12.6. The number of nitrogens with zero attached hydrogens (tertiary/aromatic N) is 3. The zero-order valence-electron chi connectivity index (χ0n) is 15.0. The first-order valence-electron chi connectivity index (χ1n) is 8.54. The summed E-state index contributed by atoms with van der Waals surface area (Å²) in [6.45, 7) is 4.28. The molecule has 1 atom stereocenters. The summed E-state index contributed by atoms with van der Waals surface area (Å²) in [5.41, 5.74) is 1.25. The van der Waals surface area contributed by atoms with E-state index < -0.39 is 0 Å². The predicted molar refractivity (Wildman–Crippen MR) is 91.2 cm³/mol. The molecule has 0 radical (unpaired) electrons. The molecule has 2 aliphatic heterocycles. The van der Waals surface area contributed by atoms with Crippen LogP contribution in [0, 0.1) is 12.8 Å². The van der Waals surface area contributed by atoms with Crippen LogP contribution >= 0.6 is 0 Å². The van der Waals surface area contributed by atoms with Gasteiger partial charge in [-0.3, -0.25) is 14.6 Å². The fourth-order valence-electron chi connectivity index (χ4n) is 3.39. The molecule has 2 saturated heterocycles. The van der Waals surface area contributed by atoms with Gasteiger partial charge in [-0.15, -0.1) is 0 Å². The first-order valence-corrected chi connectivity index (χ1v) is 8.54. The number of hydrogen-bond acceptors (Lipinski definition) is 5. The number of carbonyl (C=O) groups is 2. The van der Waals surface area contributed by atoms with E-state index in [9.17, 15) is 9.59 Å². The van der Waals surface area contributed by atoms with Crippen LogP contribution in [0.4, 0.5) is 0 Å². The Bertz CT molecular complexity index is 655. The molecule has 3 heterocycles. The second kappa shape index (κ2) is 7.09. The van der Waals surface area contributed by atoms with Crippen LogP contribution in [0.15, 0.2) is 18.5 Å². The number of carbonyl (C=O) groups excluding carboxylic acids is 2. The van der Waals surface area contributed by atoms with Crippen LogP contribution in [-0.4, -0.2) is 79.2 Å². The highest BCUT2D eigenvalue weighted by Crippen LogP contribution is 2.40. The maximum atomic E-state index is 12.6. The minimum atomic E-state index is -0.325. The number of rotatable bonds is 5. The molecule has 0 aromatic carbocycles. The van der Waals surface area contributed by atoms with Gasteiger partial charge in [-0.25, -0.2) is 0 Å². The van der Waals surface area contributed by atoms with E-state index in [-0.39, 0.29) is 29.9 Å². The van der Waals surface area contributed by atoms with Gasteiger partial charge in [0.25, 0.3) is 5.91 Å². The highest BCUT2D eigenvalue weighted by molar-refractivity contribution is 5.94. The molecule has 0 N–H and O–H groups in total. The Labute approximate surface area is 147 Å². The number of aromatic nitrogens is 1. The zero-order chi connectivity index (χ0) is 18.0. The van der Waals surface area contributed by atoms with E-state index in [2.05, 4.69) is 4.98 Å². The summed E-state index contributed by atoms with van der Waals surface area (Å²) in [5.74, 6) is 0.146.